The van der Waals surface area contributed by atoms with Crippen molar-refractivity contribution in [2.24, 2.45) is 29.1 Å². The van der Waals surface area contributed by atoms with Crippen LogP contribution in [-0.2, 0) is 18.9 Å². The number of nitrogens with one attached hydrogen (secondary N) is 2. The van der Waals surface area contributed by atoms with Crippen molar-refractivity contribution in [3.63, 3.8) is 0 Å². The molecule has 6 aliphatic rings. The van der Waals surface area contributed by atoms with Gasteiger partial charge in [0.1, 0.15) is 12.1 Å². The number of nitrogens with zero attached hydrogens (tertiary/aromatic N) is 1. The van der Waals surface area contributed by atoms with Gasteiger partial charge in [0.25, 0.3) is 5.91 Å². The molecule has 3 amide bonds. The monoisotopic (exact) mass is 671 g/mol. The zero-order valence-electron chi connectivity index (χ0n) is 29.8. The van der Waals surface area contributed by atoms with Crippen molar-refractivity contribution in [3.05, 3.63) is 48.0 Å². The summed E-state index contributed by atoms with van der Waals surface area (Å²) in [6.07, 6.45) is 7.34. The second-order valence-electron chi connectivity index (χ2n) is 16.8. The maximum absolute atomic E-state index is 14.4. The highest BCUT2D eigenvalue weighted by Gasteiger charge is 2.68. The second kappa shape index (κ2) is 13.3. The van der Waals surface area contributed by atoms with Gasteiger partial charge in [0.15, 0.2) is 0 Å². The molecule has 4 aliphatic carbocycles. The van der Waals surface area contributed by atoms with Crippen LogP contribution in [0.5, 0.6) is 0 Å². The van der Waals surface area contributed by atoms with Crippen LogP contribution in [0.25, 0.3) is 10.8 Å². The van der Waals surface area contributed by atoms with Crippen LogP contribution in [0.2, 0.25) is 0 Å². The summed E-state index contributed by atoms with van der Waals surface area (Å²) in [5.74, 6) is -0.0280. The molecule has 10 heteroatoms. The van der Waals surface area contributed by atoms with Gasteiger partial charge in [0.05, 0.1) is 23.8 Å². The minimum Gasteiger partial charge on any atom is -0.404 e. The SMILES string of the molecule is CC(C)[C@H](NC(=O)[C@@H]1C[C@H](O)CN1C(=O)[C@@H](CC1CCCCC1)NC(=O)c1ccc2ccccc2c1)B1O[C@@H]2C[C@@H]3C[C@@H](C3(C)C)[C@]2(C)O1. The van der Waals surface area contributed by atoms with Crippen LogP contribution >= 0.6 is 0 Å². The van der Waals surface area contributed by atoms with E-state index in [-0.39, 0.29) is 48.1 Å². The maximum Gasteiger partial charge on any atom is 0.481 e. The van der Waals surface area contributed by atoms with Crippen LogP contribution in [0.3, 0.4) is 0 Å². The lowest BCUT2D eigenvalue weighted by molar-refractivity contribution is -0.199. The lowest BCUT2D eigenvalue weighted by atomic mass is 9.43. The Morgan fingerprint density at radius 2 is 1.71 bits per heavy atom. The molecule has 8 rings (SSSR count). The topological polar surface area (TPSA) is 117 Å². The molecule has 2 bridgehead atoms. The van der Waals surface area contributed by atoms with E-state index in [4.69, 9.17) is 9.31 Å². The number of fused-ring (bicyclic) bond motifs is 1. The third-order valence-corrected chi connectivity index (χ3v) is 13.1. The van der Waals surface area contributed by atoms with Crippen LogP contribution in [0, 0.1) is 29.1 Å². The average Bonchev–Trinajstić information content (AvgIpc) is 3.65. The number of aliphatic hydroxyl groups excluding tert-OH is 1. The van der Waals surface area contributed by atoms with Crippen molar-refractivity contribution in [1.29, 1.82) is 0 Å². The van der Waals surface area contributed by atoms with E-state index in [9.17, 15) is 19.5 Å². The van der Waals surface area contributed by atoms with Crippen LogP contribution in [0.1, 0.15) is 103 Å². The summed E-state index contributed by atoms with van der Waals surface area (Å²) in [5.41, 5.74) is 0.295. The van der Waals surface area contributed by atoms with Crippen molar-refractivity contribution >= 4 is 35.6 Å². The number of rotatable bonds is 9. The fourth-order valence-electron chi connectivity index (χ4n) is 9.92. The molecule has 2 heterocycles. The average molecular weight is 672 g/mol. The highest BCUT2D eigenvalue weighted by atomic mass is 16.7. The quantitative estimate of drug-likeness (QED) is 0.313. The maximum atomic E-state index is 14.4. The Labute approximate surface area is 291 Å². The number of hydrogen-bond donors (Lipinski definition) is 3. The molecular weight excluding hydrogens is 617 g/mol. The number of carbonyl (C=O) groups is 3. The molecule has 0 radical (unpaired) electrons. The molecule has 49 heavy (non-hydrogen) atoms. The summed E-state index contributed by atoms with van der Waals surface area (Å²) in [7, 11) is -0.593. The summed E-state index contributed by atoms with van der Waals surface area (Å²) in [6, 6.07) is 11.8. The summed E-state index contributed by atoms with van der Waals surface area (Å²) >= 11 is 0. The summed E-state index contributed by atoms with van der Waals surface area (Å²) in [6.45, 7) is 11.0. The third-order valence-electron chi connectivity index (χ3n) is 13.1. The first-order chi connectivity index (χ1) is 23.3. The van der Waals surface area contributed by atoms with Crippen molar-refractivity contribution in [3.8, 4) is 0 Å². The number of hydrogen-bond acceptors (Lipinski definition) is 6. The third kappa shape index (κ3) is 6.42. The summed E-state index contributed by atoms with van der Waals surface area (Å²) in [4.78, 5) is 43.7. The number of benzene rings is 2. The molecule has 2 aliphatic heterocycles. The highest BCUT2D eigenvalue weighted by Crippen LogP contribution is 2.65. The first-order valence-electron chi connectivity index (χ1n) is 18.8. The van der Waals surface area contributed by atoms with E-state index in [1.165, 1.54) is 11.3 Å². The molecule has 2 aromatic carbocycles. The van der Waals surface area contributed by atoms with E-state index >= 15 is 0 Å². The molecule has 9 nitrogen and oxygen atoms in total. The van der Waals surface area contributed by atoms with Crippen LogP contribution in [0.15, 0.2) is 42.5 Å². The van der Waals surface area contributed by atoms with Gasteiger partial charge in [-0.15, -0.1) is 0 Å². The van der Waals surface area contributed by atoms with E-state index in [0.717, 1.165) is 49.3 Å². The van der Waals surface area contributed by atoms with E-state index < -0.39 is 36.8 Å². The first kappa shape index (κ1) is 34.5. The molecule has 6 fully saturated rings. The van der Waals surface area contributed by atoms with Gasteiger partial charge in [-0.05, 0) is 78.2 Å². The van der Waals surface area contributed by atoms with E-state index in [2.05, 4.69) is 31.4 Å². The van der Waals surface area contributed by atoms with E-state index in [1.54, 1.807) is 6.07 Å². The predicted octanol–water partition coefficient (Wildman–Crippen LogP) is 5.28. The van der Waals surface area contributed by atoms with Gasteiger partial charge in [-0.2, -0.15) is 0 Å². The Bertz CT molecular complexity index is 1580. The Morgan fingerprint density at radius 1 is 0.980 bits per heavy atom. The number of likely N-dealkylation sites (tertiary alicyclic amines) is 1. The molecule has 8 atom stereocenters. The molecule has 0 spiro atoms. The van der Waals surface area contributed by atoms with Crippen molar-refractivity contribution in [1.82, 2.24) is 15.5 Å². The molecule has 3 N–H and O–H groups in total. The number of aliphatic hydroxyl groups is 1. The van der Waals surface area contributed by atoms with E-state index in [1.807, 2.05) is 50.2 Å². The lowest BCUT2D eigenvalue weighted by Gasteiger charge is -2.64. The second-order valence-corrected chi connectivity index (χ2v) is 16.8. The van der Waals surface area contributed by atoms with Crippen LogP contribution in [-0.4, -0.2) is 77.2 Å². The zero-order chi connectivity index (χ0) is 34.7. The van der Waals surface area contributed by atoms with Gasteiger partial charge in [-0.25, -0.2) is 0 Å². The number of amides is 3. The van der Waals surface area contributed by atoms with Crippen molar-refractivity contribution in [2.45, 2.75) is 128 Å². The molecule has 2 aromatic rings. The molecule has 0 aromatic heterocycles. The van der Waals surface area contributed by atoms with Crippen LogP contribution in [0.4, 0.5) is 0 Å². The highest BCUT2D eigenvalue weighted by molar-refractivity contribution is 6.48. The minimum atomic E-state index is -0.860. The molecule has 4 saturated carbocycles. The van der Waals surface area contributed by atoms with E-state index in [0.29, 0.717) is 29.7 Å². The van der Waals surface area contributed by atoms with Crippen LogP contribution < -0.4 is 10.6 Å². The molecule has 0 unspecified atom stereocenters. The fourth-order valence-corrected chi connectivity index (χ4v) is 9.92. The Morgan fingerprint density at radius 3 is 2.43 bits per heavy atom. The summed E-state index contributed by atoms with van der Waals surface area (Å²) in [5, 5.41) is 19.1. The molecular formula is C39H54BN3O6. The molecule has 2 saturated heterocycles. The lowest BCUT2D eigenvalue weighted by Crippen LogP contribution is -2.65. The number of β-amino-alcohol motifs (C(OH)–C–C–N with tert-alkyl or cyclic N) is 1. The smallest absolute Gasteiger partial charge is 0.404 e. The van der Waals surface area contributed by atoms with Gasteiger partial charge in [-0.1, -0.05) is 90.1 Å². The van der Waals surface area contributed by atoms with Gasteiger partial charge in [0.2, 0.25) is 11.8 Å². The molecule has 264 valence electrons. The largest absolute Gasteiger partial charge is 0.481 e. The Hall–Kier alpha value is -2.95. The zero-order valence-corrected chi connectivity index (χ0v) is 29.8. The Balaban J connectivity index is 1.08. The number of carbonyl (C=O) groups excluding carboxylic acids is 3. The predicted molar refractivity (Wildman–Crippen MR) is 189 cm³/mol. The summed E-state index contributed by atoms with van der Waals surface area (Å²) < 4.78 is 13.3. The van der Waals surface area contributed by atoms with Gasteiger partial charge in [-0.3, -0.25) is 14.4 Å². The van der Waals surface area contributed by atoms with Crippen molar-refractivity contribution < 1.29 is 28.8 Å². The minimum absolute atomic E-state index is 0.00873. The van der Waals surface area contributed by atoms with Gasteiger partial charge >= 0.3 is 7.12 Å². The standard InChI is InChI=1S/C39H54BN3O6/c1-23(2)34(40-48-33-20-28-19-32(38(28,3)4)39(33,5)49-40)42-36(46)31-21-29(44)22-43(31)37(47)30(17-24-11-7-6-8-12-24)41-35(45)27-16-15-25-13-9-10-14-26(25)18-27/h9-10,13-16,18,23-24,28-34,44H,6-8,11-12,17,19-22H2,1-5H3,(H,41,45)(H,42,46)/t28-,29-,30+,31-,32-,33+,34-,39-/m0/s1. The normalized spacial score (nSPS) is 32.0. The first-order valence-corrected chi connectivity index (χ1v) is 18.8. The van der Waals surface area contributed by atoms with Gasteiger partial charge in [0, 0.05) is 18.5 Å². The Kier molecular flexibility index (Phi) is 9.37. The van der Waals surface area contributed by atoms with Gasteiger partial charge < -0.3 is 29.9 Å². The van der Waals surface area contributed by atoms with Crippen molar-refractivity contribution in [2.75, 3.05) is 6.54 Å². The fraction of sp³-hybridized carbons (Fsp3) is 0.667.